The Bertz CT molecular complexity index is 905. The van der Waals surface area contributed by atoms with Gasteiger partial charge in [-0.05, 0) is 11.8 Å². The molecule has 12 nitrogen and oxygen atoms in total. The van der Waals surface area contributed by atoms with E-state index in [2.05, 4.69) is 20.1 Å². The van der Waals surface area contributed by atoms with Crippen LogP contribution in [0.1, 0.15) is 12.5 Å². The zero-order chi connectivity index (χ0) is 18.7. The van der Waals surface area contributed by atoms with E-state index in [4.69, 9.17) is 0 Å². The SMILES string of the molecule is CCOC(=O)C(=O)Nc1c(C#N)c(-c2ncc([N+](=O)[O-])n2C)nn1C. The number of hydrogen-bond acceptors (Lipinski definition) is 8. The van der Waals surface area contributed by atoms with Crippen molar-refractivity contribution < 1.29 is 19.2 Å². The molecule has 12 heteroatoms. The van der Waals surface area contributed by atoms with Crippen LogP contribution in [0.2, 0.25) is 0 Å². The predicted molar refractivity (Wildman–Crippen MR) is 82.0 cm³/mol. The number of anilines is 1. The number of carbonyl (C=O) groups is 2. The first-order chi connectivity index (χ1) is 11.8. The highest BCUT2D eigenvalue weighted by molar-refractivity contribution is 6.37. The second-order valence-corrected chi connectivity index (χ2v) is 4.74. The summed E-state index contributed by atoms with van der Waals surface area (Å²) in [5.74, 6) is -2.46. The maximum Gasteiger partial charge on any atom is 0.397 e. The van der Waals surface area contributed by atoms with Crippen LogP contribution in [-0.2, 0) is 28.4 Å². The number of nitrogens with zero attached hydrogens (tertiary/aromatic N) is 6. The normalized spacial score (nSPS) is 10.2. The first-order valence-corrected chi connectivity index (χ1v) is 6.93. The summed E-state index contributed by atoms with van der Waals surface area (Å²) in [7, 11) is 2.83. The average Bonchev–Trinajstić information content (AvgIpc) is 3.08. The quantitative estimate of drug-likeness (QED) is 0.353. The molecule has 25 heavy (non-hydrogen) atoms. The topological polar surface area (TPSA) is 158 Å². The molecule has 2 heterocycles. The Kier molecular flexibility index (Phi) is 4.78. The van der Waals surface area contributed by atoms with E-state index >= 15 is 0 Å². The molecule has 0 aliphatic heterocycles. The van der Waals surface area contributed by atoms with E-state index in [1.807, 2.05) is 6.07 Å². The molecule has 2 rings (SSSR count). The van der Waals surface area contributed by atoms with Gasteiger partial charge in [0.05, 0.1) is 13.7 Å². The second kappa shape index (κ2) is 6.79. The van der Waals surface area contributed by atoms with Crippen LogP contribution in [0.15, 0.2) is 6.20 Å². The van der Waals surface area contributed by atoms with Crippen LogP contribution in [0.25, 0.3) is 11.5 Å². The number of esters is 1. The Balaban J connectivity index is 2.47. The van der Waals surface area contributed by atoms with Crippen LogP contribution in [0.3, 0.4) is 0 Å². The number of aryl methyl sites for hydroxylation is 1. The number of carbonyl (C=O) groups excluding carboxylic acids is 2. The molecule has 2 aromatic rings. The summed E-state index contributed by atoms with van der Waals surface area (Å²) in [4.78, 5) is 37.4. The second-order valence-electron chi connectivity index (χ2n) is 4.74. The van der Waals surface area contributed by atoms with E-state index < -0.39 is 16.8 Å². The van der Waals surface area contributed by atoms with Crippen LogP contribution < -0.4 is 5.32 Å². The molecule has 0 atom stereocenters. The highest BCUT2D eigenvalue weighted by atomic mass is 16.6. The summed E-state index contributed by atoms with van der Waals surface area (Å²) in [6.07, 6.45) is 1.03. The van der Waals surface area contributed by atoms with Crippen LogP contribution >= 0.6 is 0 Å². The Morgan fingerprint density at radius 3 is 2.68 bits per heavy atom. The Hall–Kier alpha value is -3.75. The lowest BCUT2D eigenvalue weighted by Gasteiger charge is -2.04. The summed E-state index contributed by atoms with van der Waals surface area (Å²) < 4.78 is 6.89. The number of imidazole rings is 1. The highest BCUT2D eigenvalue weighted by Crippen LogP contribution is 2.28. The van der Waals surface area contributed by atoms with Crippen molar-refractivity contribution in [1.29, 1.82) is 5.26 Å². The molecule has 0 aromatic carbocycles. The summed E-state index contributed by atoms with van der Waals surface area (Å²) in [5.41, 5.74) is -0.0662. The van der Waals surface area contributed by atoms with Gasteiger partial charge in [0, 0.05) is 7.05 Å². The van der Waals surface area contributed by atoms with Gasteiger partial charge in [0.15, 0.2) is 5.69 Å². The van der Waals surface area contributed by atoms with Gasteiger partial charge in [-0.25, -0.2) is 14.3 Å². The number of ether oxygens (including phenoxy) is 1. The van der Waals surface area contributed by atoms with Gasteiger partial charge >= 0.3 is 17.7 Å². The maximum absolute atomic E-state index is 11.8. The van der Waals surface area contributed by atoms with Crippen molar-refractivity contribution in [3.8, 4) is 17.6 Å². The number of amides is 1. The van der Waals surface area contributed by atoms with Gasteiger partial charge in [-0.15, -0.1) is 0 Å². The van der Waals surface area contributed by atoms with E-state index in [1.54, 1.807) is 6.92 Å². The smallest absolute Gasteiger partial charge is 0.397 e. The molecule has 1 N–H and O–H groups in total. The molecular weight excluding hydrogens is 334 g/mol. The molecule has 1 amide bonds. The molecule has 0 aliphatic carbocycles. The monoisotopic (exact) mass is 347 g/mol. The lowest BCUT2D eigenvalue weighted by Crippen LogP contribution is -2.26. The fourth-order valence-corrected chi connectivity index (χ4v) is 2.08. The number of hydrogen-bond donors (Lipinski definition) is 1. The molecule has 0 radical (unpaired) electrons. The average molecular weight is 347 g/mol. The minimum Gasteiger partial charge on any atom is -0.459 e. The van der Waals surface area contributed by atoms with Crippen molar-refractivity contribution in [2.75, 3.05) is 11.9 Å². The molecule has 0 fully saturated rings. The maximum atomic E-state index is 11.8. The van der Waals surface area contributed by atoms with Crippen LogP contribution in [-0.4, -0.2) is 42.7 Å². The Morgan fingerprint density at radius 2 is 2.16 bits per heavy atom. The first-order valence-electron chi connectivity index (χ1n) is 6.93. The number of rotatable bonds is 4. The van der Waals surface area contributed by atoms with Crippen molar-refractivity contribution in [3.63, 3.8) is 0 Å². The van der Waals surface area contributed by atoms with Gasteiger partial charge in [0.2, 0.25) is 0 Å². The lowest BCUT2D eigenvalue weighted by molar-refractivity contribution is -0.391. The third-order valence-corrected chi connectivity index (χ3v) is 3.21. The number of nitrogens with one attached hydrogen (secondary N) is 1. The summed E-state index contributed by atoms with van der Waals surface area (Å²) in [5, 5.41) is 26.6. The van der Waals surface area contributed by atoms with Gasteiger partial charge < -0.3 is 14.9 Å². The predicted octanol–water partition coefficient (Wildman–Crippen LogP) is 0.102. The van der Waals surface area contributed by atoms with Crippen molar-refractivity contribution >= 4 is 23.5 Å². The molecule has 0 bridgehead atoms. The third-order valence-electron chi connectivity index (χ3n) is 3.21. The van der Waals surface area contributed by atoms with Gasteiger partial charge in [-0.3, -0.25) is 14.8 Å². The fourth-order valence-electron chi connectivity index (χ4n) is 2.08. The van der Waals surface area contributed by atoms with E-state index in [1.165, 1.54) is 14.1 Å². The van der Waals surface area contributed by atoms with Crippen molar-refractivity contribution in [3.05, 3.63) is 21.9 Å². The van der Waals surface area contributed by atoms with E-state index in [9.17, 15) is 25.0 Å². The lowest BCUT2D eigenvalue weighted by atomic mass is 10.2. The highest BCUT2D eigenvalue weighted by Gasteiger charge is 2.28. The van der Waals surface area contributed by atoms with Crippen LogP contribution in [0.4, 0.5) is 11.6 Å². The van der Waals surface area contributed by atoms with Crippen molar-refractivity contribution in [2.24, 2.45) is 14.1 Å². The number of aromatic nitrogens is 4. The molecule has 0 saturated carbocycles. The van der Waals surface area contributed by atoms with Crippen molar-refractivity contribution in [2.45, 2.75) is 6.92 Å². The van der Waals surface area contributed by atoms with Gasteiger partial charge in [-0.1, -0.05) is 0 Å². The third kappa shape index (κ3) is 3.15. The molecule has 0 unspecified atom stereocenters. The molecule has 2 aromatic heterocycles. The van der Waals surface area contributed by atoms with Gasteiger partial charge in [0.1, 0.15) is 23.6 Å². The standard InChI is InChI=1S/C13H13N7O5/c1-4-25-13(22)12(21)16-10-7(5-14)9(17-19(10)3)11-15-6-8(18(11)2)20(23)24/h6H,4H2,1-3H3,(H,16,21). The van der Waals surface area contributed by atoms with E-state index in [0.717, 1.165) is 15.4 Å². The van der Waals surface area contributed by atoms with Crippen LogP contribution in [0.5, 0.6) is 0 Å². The molecule has 0 saturated heterocycles. The Morgan fingerprint density at radius 1 is 1.48 bits per heavy atom. The zero-order valence-electron chi connectivity index (χ0n) is 13.5. The molecular formula is C13H13N7O5. The van der Waals surface area contributed by atoms with E-state index in [-0.39, 0.29) is 35.3 Å². The molecule has 0 aliphatic rings. The number of nitriles is 1. The van der Waals surface area contributed by atoms with Crippen molar-refractivity contribution in [1.82, 2.24) is 19.3 Å². The van der Waals surface area contributed by atoms with Crippen LogP contribution in [0, 0.1) is 21.4 Å². The Labute approximate surface area is 140 Å². The largest absolute Gasteiger partial charge is 0.459 e. The first kappa shape index (κ1) is 17.6. The molecule has 130 valence electrons. The zero-order valence-corrected chi connectivity index (χ0v) is 13.5. The summed E-state index contributed by atoms with van der Waals surface area (Å²) in [6, 6.07) is 1.85. The summed E-state index contributed by atoms with van der Waals surface area (Å²) in [6.45, 7) is 1.56. The summed E-state index contributed by atoms with van der Waals surface area (Å²) >= 11 is 0. The fraction of sp³-hybridized carbons (Fsp3) is 0.308. The van der Waals surface area contributed by atoms with Gasteiger partial charge in [0.25, 0.3) is 5.82 Å². The number of nitro groups is 1. The molecule has 0 spiro atoms. The van der Waals surface area contributed by atoms with E-state index in [0.29, 0.717) is 0 Å². The minimum absolute atomic E-state index is 0.0188. The van der Waals surface area contributed by atoms with Gasteiger partial charge in [-0.2, -0.15) is 10.4 Å². The minimum atomic E-state index is -1.11.